The molecule has 154 valence electrons. The number of halogens is 1. The van der Waals surface area contributed by atoms with Gasteiger partial charge in [-0.2, -0.15) is 0 Å². The SMILES string of the molecule is CNCC(CN1CCC(Cc2ccc(F)cc2)CC1)O[Si](C)(C)C(C)(C)C. The molecule has 2 rings (SSSR count). The third kappa shape index (κ3) is 6.97. The first-order valence-corrected chi connectivity index (χ1v) is 13.3. The number of rotatable bonds is 8. The predicted octanol–water partition coefficient (Wildman–Crippen LogP) is 4.69. The molecule has 1 fully saturated rings. The molecule has 27 heavy (non-hydrogen) atoms. The van der Waals surface area contributed by atoms with Gasteiger partial charge >= 0.3 is 0 Å². The highest BCUT2D eigenvalue weighted by molar-refractivity contribution is 6.74. The van der Waals surface area contributed by atoms with Gasteiger partial charge < -0.3 is 14.6 Å². The lowest BCUT2D eigenvalue weighted by atomic mass is 9.90. The lowest BCUT2D eigenvalue weighted by molar-refractivity contribution is 0.0956. The maximum absolute atomic E-state index is 13.1. The molecule has 1 aliphatic rings. The molecule has 0 aliphatic carbocycles. The molecule has 0 saturated carbocycles. The summed E-state index contributed by atoms with van der Waals surface area (Å²) in [6.45, 7) is 15.8. The Bertz CT molecular complexity index is 563. The van der Waals surface area contributed by atoms with Gasteiger partial charge in [0.2, 0.25) is 0 Å². The Morgan fingerprint density at radius 1 is 1.19 bits per heavy atom. The van der Waals surface area contributed by atoms with Gasteiger partial charge in [0.25, 0.3) is 0 Å². The molecule has 0 spiro atoms. The van der Waals surface area contributed by atoms with Crippen molar-refractivity contribution in [1.29, 1.82) is 0 Å². The van der Waals surface area contributed by atoms with Crippen LogP contribution in [0.4, 0.5) is 4.39 Å². The minimum atomic E-state index is -1.76. The van der Waals surface area contributed by atoms with Crippen LogP contribution in [0, 0.1) is 11.7 Å². The van der Waals surface area contributed by atoms with Gasteiger partial charge in [-0.3, -0.25) is 0 Å². The second-order valence-corrected chi connectivity index (χ2v) is 14.4. The van der Waals surface area contributed by atoms with Crippen molar-refractivity contribution in [1.82, 2.24) is 10.2 Å². The van der Waals surface area contributed by atoms with Crippen molar-refractivity contribution in [3.8, 4) is 0 Å². The van der Waals surface area contributed by atoms with Crippen molar-refractivity contribution in [3.05, 3.63) is 35.6 Å². The highest BCUT2D eigenvalue weighted by Crippen LogP contribution is 2.37. The molecule has 1 saturated heterocycles. The summed E-state index contributed by atoms with van der Waals surface area (Å²) in [6, 6.07) is 7.01. The third-order valence-corrected chi connectivity index (χ3v) is 10.8. The summed E-state index contributed by atoms with van der Waals surface area (Å²) >= 11 is 0. The summed E-state index contributed by atoms with van der Waals surface area (Å²) in [5.41, 5.74) is 1.25. The van der Waals surface area contributed by atoms with Crippen LogP contribution < -0.4 is 5.32 Å². The van der Waals surface area contributed by atoms with Crippen molar-refractivity contribution in [2.45, 2.75) is 64.3 Å². The van der Waals surface area contributed by atoms with Crippen LogP contribution in [0.1, 0.15) is 39.2 Å². The number of benzene rings is 1. The Hall–Kier alpha value is -0.753. The van der Waals surface area contributed by atoms with Gasteiger partial charge in [0.05, 0.1) is 6.10 Å². The normalized spacial score (nSPS) is 18.6. The molecule has 1 heterocycles. The molecule has 0 radical (unpaired) electrons. The first-order valence-electron chi connectivity index (χ1n) is 10.4. The number of likely N-dealkylation sites (N-methyl/N-ethyl adjacent to an activating group) is 1. The fraction of sp³-hybridized carbons (Fsp3) is 0.727. The molecule has 0 aromatic heterocycles. The van der Waals surface area contributed by atoms with E-state index in [9.17, 15) is 4.39 Å². The molecular formula is C22H39FN2OSi. The molecule has 1 N–H and O–H groups in total. The maximum atomic E-state index is 13.1. The van der Waals surface area contributed by atoms with Gasteiger partial charge in [0.1, 0.15) is 5.82 Å². The van der Waals surface area contributed by atoms with Gasteiger partial charge in [-0.1, -0.05) is 32.9 Å². The molecule has 3 nitrogen and oxygen atoms in total. The van der Waals surface area contributed by atoms with Crippen LogP contribution in [0.5, 0.6) is 0 Å². The van der Waals surface area contributed by atoms with E-state index in [4.69, 9.17) is 4.43 Å². The van der Waals surface area contributed by atoms with Crippen LogP contribution >= 0.6 is 0 Å². The Balaban J connectivity index is 1.83. The van der Waals surface area contributed by atoms with E-state index in [0.29, 0.717) is 5.92 Å². The second kappa shape index (κ2) is 9.64. The molecule has 0 amide bonds. The van der Waals surface area contributed by atoms with Crippen molar-refractivity contribution >= 4 is 8.32 Å². The largest absolute Gasteiger partial charge is 0.411 e. The second-order valence-electron chi connectivity index (χ2n) is 9.63. The van der Waals surface area contributed by atoms with E-state index >= 15 is 0 Å². The summed E-state index contributed by atoms with van der Waals surface area (Å²) in [4.78, 5) is 2.57. The van der Waals surface area contributed by atoms with Crippen molar-refractivity contribution in [2.24, 2.45) is 5.92 Å². The Morgan fingerprint density at radius 3 is 2.30 bits per heavy atom. The van der Waals surface area contributed by atoms with E-state index in [2.05, 4.69) is 44.1 Å². The van der Waals surface area contributed by atoms with E-state index in [-0.39, 0.29) is 17.0 Å². The van der Waals surface area contributed by atoms with Gasteiger partial charge in [-0.15, -0.1) is 0 Å². The van der Waals surface area contributed by atoms with Crippen molar-refractivity contribution < 1.29 is 8.82 Å². The zero-order chi connectivity index (χ0) is 20.1. The predicted molar refractivity (Wildman–Crippen MR) is 115 cm³/mol. The molecule has 1 aromatic carbocycles. The number of nitrogens with one attached hydrogen (secondary N) is 1. The van der Waals surface area contributed by atoms with Crippen LogP contribution in [0.25, 0.3) is 0 Å². The van der Waals surface area contributed by atoms with E-state index in [1.165, 1.54) is 18.4 Å². The third-order valence-electron chi connectivity index (χ3n) is 6.31. The Labute approximate surface area is 166 Å². The molecule has 1 unspecified atom stereocenters. The monoisotopic (exact) mass is 394 g/mol. The lowest BCUT2D eigenvalue weighted by Crippen LogP contribution is -2.50. The fourth-order valence-electron chi connectivity index (χ4n) is 3.58. The average Bonchev–Trinajstić information content (AvgIpc) is 2.57. The first kappa shape index (κ1) is 22.5. The zero-order valence-electron chi connectivity index (χ0n) is 18.1. The van der Waals surface area contributed by atoms with Crippen LogP contribution in [0.2, 0.25) is 18.1 Å². The Kier molecular flexibility index (Phi) is 8.04. The van der Waals surface area contributed by atoms with Gasteiger partial charge in [0, 0.05) is 13.1 Å². The van der Waals surface area contributed by atoms with Crippen molar-refractivity contribution in [3.63, 3.8) is 0 Å². The summed E-state index contributed by atoms with van der Waals surface area (Å²) < 4.78 is 19.7. The quantitative estimate of drug-likeness (QED) is 0.647. The lowest BCUT2D eigenvalue weighted by Gasteiger charge is -2.41. The molecule has 1 aromatic rings. The summed E-state index contributed by atoms with van der Waals surface area (Å²) in [7, 11) is 0.255. The minimum absolute atomic E-state index is 0.147. The summed E-state index contributed by atoms with van der Waals surface area (Å²) in [5.74, 6) is 0.557. The van der Waals surface area contributed by atoms with E-state index in [1.807, 2.05) is 19.2 Å². The summed E-state index contributed by atoms with van der Waals surface area (Å²) in [5, 5.41) is 3.55. The van der Waals surface area contributed by atoms with Gasteiger partial charge in [-0.05, 0) is 81.1 Å². The summed E-state index contributed by atoms with van der Waals surface area (Å²) in [6.07, 6.45) is 3.74. The fourth-order valence-corrected chi connectivity index (χ4v) is 4.92. The first-order chi connectivity index (χ1) is 12.6. The highest BCUT2D eigenvalue weighted by Gasteiger charge is 2.39. The van der Waals surface area contributed by atoms with E-state index in [1.54, 1.807) is 12.1 Å². The minimum Gasteiger partial charge on any atom is -0.411 e. The van der Waals surface area contributed by atoms with Crippen LogP contribution in [0.15, 0.2) is 24.3 Å². The standard InChI is InChI=1S/C22H39FN2OSi/c1-22(2,3)27(5,6)26-21(16-24-4)17-25-13-11-19(12-14-25)15-18-7-9-20(23)10-8-18/h7-10,19,21,24H,11-17H2,1-6H3. The van der Waals surface area contributed by atoms with E-state index in [0.717, 1.165) is 32.6 Å². The molecule has 5 heteroatoms. The topological polar surface area (TPSA) is 24.5 Å². The highest BCUT2D eigenvalue weighted by atomic mass is 28.4. The molecular weight excluding hydrogens is 355 g/mol. The van der Waals surface area contributed by atoms with E-state index < -0.39 is 8.32 Å². The molecule has 1 atom stereocenters. The van der Waals surface area contributed by atoms with Crippen LogP contribution in [-0.4, -0.2) is 52.5 Å². The van der Waals surface area contributed by atoms with Crippen LogP contribution in [0.3, 0.4) is 0 Å². The van der Waals surface area contributed by atoms with Gasteiger partial charge in [-0.25, -0.2) is 4.39 Å². The smallest absolute Gasteiger partial charge is 0.192 e. The number of piperidine rings is 1. The molecule has 1 aliphatic heterocycles. The number of hydrogen-bond acceptors (Lipinski definition) is 3. The number of nitrogens with zero attached hydrogens (tertiary/aromatic N) is 1. The molecule has 0 bridgehead atoms. The average molecular weight is 395 g/mol. The maximum Gasteiger partial charge on any atom is 0.192 e. The Morgan fingerprint density at radius 2 is 1.78 bits per heavy atom. The number of likely N-dealkylation sites (tertiary alicyclic amines) is 1. The van der Waals surface area contributed by atoms with Crippen LogP contribution in [-0.2, 0) is 10.8 Å². The van der Waals surface area contributed by atoms with Crippen molar-refractivity contribution in [2.75, 3.05) is 33.2 Å². The number of hydrogen-bond donors (Lipinski definition) is 1. The zero-order valence-corrected chi connectivity index (χ0v) is 19.1. The van der Waals surface area contributed by atoms with Gasteiger partial charge in [0.15, 0.2) is 8.32 Å².